The summed E-state index contributed by atoms with van der Waals surface area (Å²) in [5.74, 6) is 0.0518. The summed E-state index contributed by atoms with van der Waals surface area (Å²) in [7, 11) is 0. The Kier molecular flexibility index (Phi) is 5.97. The molecule has 3 N–H and O–H groups in total. The first-order chi connectivity index (χ1) is 15.8. The maximum Gasteiger partial charge on any atom is 0.166 e. The molecule has 174 valence electrons. The van der Waals surface area contributed by atoms with Crippen LogP contribution in [0.4, 0.5) is 10.2 Å². The lowest BCUT2D eigenvalue weighted by atomic mass is 9.60. The highest BCUT2D eigenvalue weighted by atomic mass is 35.5. The van der Waals surface area contributed by atoms with E-state index in [0.29, 0.717) is 27.8 Å². The molecule has 3 heterocycles. The van der Waals surface area contributed by atoms with Crippen LogP contribution in [0.15, 0.2) is 36.8 Å². The molecule has 1 aromatic carbocycles. The molecule has 1 aliphatic carbocycles. The number of anilines is 1. The molecule has 6 nitrogen and oxygen atoms in total. The molecule has 1 spiro atoms. The zero-order chi connectivity index (χ0) is 23.2. The highest BCUT2D eigenvalue weighted by Gasteiger charge is 2.45. The number of hydrogen-bond acceptors (Lipinski definition) is 5. The lowest BCUT2D eigenvalue weighted by Crippen LogP contribution is -2.46. The number of benzene rings is 1. The first kappa shape index (κ1) is 22.4. The van der Waals surface area contributed by atoms with Gasteiger partial charge in [-0.05, 0) is 69.3 Å². The third kappa shape index (κ3) is 4.29. The number of halogens is 3. The van der Waals surface area contributed by atoms with Crippen LogP contribution in [0.5, 0.6) is 5.75 Å². The summed E-state index contributed by atoms with van der Waals surface area (Å²) in [5, 5.41) is 8.32. The van der Waals surface area contributed by atoms with Crippen LogP contribution in [-0.4, -0.2) is 27.9 Å². The summed E-state index contributed by atoms with van der Waals surface area (Å²) in [4.78, 5) is 4.29. The zero-order valence-corrected chi connectivity index (χ0v) is 19.8. The van der Waals surface area contributed by atoms with Crippen molar-refractivity contribution in [2.45, 2.75) is 44.8 Å². The van der Waals surface area contributed by atoms with E-state index in [2.05, 4.69) is 26.3 Å². The van der Waals surface area contributed by atoms with Gasteiger partial charge >= 0.3 is 0 Å². The molecule has 1 saturated heterocycles. The molecule has 1 aliphatic heterocycles. The van der Waals surface area contributed by atoms with Crippen molar-refractivity contribution in [3.05, 3.63) is 58.2 Å². The van der Waals surface area contributed by atoms with Gasteiger partial charge in [-0.25, -0.2) is 9.37 Å². The van der Waals surface area contributed by atoms with Crippen LogP contribution in [-0.2, 0) is 0 Å². The van der Waals surface area contributed by atoms with Crippen molar-refractivity contribution in [1.29, 1.82) is 0 Å². The van der Waals surface area contributed by atoms with E-state index in [0.717, 1.165) is 24.2 Å². The molecule has 1 unspecified atom stereocenters. The van der Waals surface area contributed by atoms with E-state index in [9.17, 15) is 4.39 Å². The smallest absolute Gasteiger partial charge is 0.166 e. The predicted octanol–water partition coefficient (Wildman–Crippen LogP) is 5.82. The number of pyridine rings is 1. The maximum atomic E-state index is 13.9. The molecule has 5 rings (SSSR count). The molecule has 2 aromatic heterocycles. The molecular formula is C24H26Cl2FN5O. The first-order valence-electron chi connectivity index (χ1n) is 11.2. The van der Waals surface area contributed by atoms with Gasteiger partial charge in [-0.1, -0.05) is 23.2 Å². The van der Waals surface area contributed by atoms with Gasteiger partial charge in [0.1, 0.15) is 11.9 Å². The van der Waals surface area contributed by atoms with Crippen LogP contribution in [0.2, 0.25) is 10.0 Å². The fraction of sp³-hybridized carbons (Fsp3) is 0.417. The van der Waals surface area contributed by atoms with Gasteiger partial charge in [0.05, 0.1) is 17.3 Å². The second kappa shape index (κ2) is 8.78. The lowest BCUT2D eigenvalue weighted by molar-refractivity contribution is 0.0230. The van der Waals surface area contributed by atoms with Crippen molar-refractivity contribution < 1.29 is 9.13 Å². The Morgan fingerprint density at radius 1 is 1.21 bits per heavy atom. The van der Waals surface area contributed by atoms with Crippen LogP contribution in [0.3, 0.4) is 0 Å². The van der Waals surface area contributed by atoms with Crippen LogP contribution in [0.25, 0.3) is 11.1 Å². The summed E-state index contributed by atoms with van der Waals surface area (Å²) >= 11 is 12.4. The monoisotopic (exact) mass is 489 g/mol. The number of nitrogens with one attached hydrogen (secondary N) is 1. The summed E-state index contributed by atoms with van der Waals surface area (Å²) in [6.45, 7) is 3.97. The maximum absolute atomic E-state index is 13.9. The van der Waals surface area contributed by atoms with Crippen LogP contribution < -0.4 is 15.8 Å². The van der Waals surface area contributed by atoms with Gasteiger partial charge in [0.2, 0.25) is 0 Å². The molecule has 0 radical (unpaired) electrons. The third-order valence-corrected chi connectivity index (χ3v) is 7.70. The molecule has 9 heteroatoms. The van der Waals surface area contributed by atoms with Gasteiger partial charge in [0, 0.05) is 34.1 Å². The number of hydrogen-bond donors (Lipinski definition) is 2. The quantitative estimate of drug-likeness (QED) is 0.441. The molecule has 1 atom stereocenters. The van der Waals surface area contributed by atoms with Crippen LogP contribution >= 0.6 is 23.2 Å². The van der Waals surface area contributed by atoms with Gasteiger partial charge in [0.15, 0.2) is 11.6 Å². The van der Waals surface area contributed by atoms with Crippen molar-refractivity contribution in [2.24, 2.45) is 5.41 Å². The lowest BCUT2D eigenvalue weighted by Gasteiger charge is -2.50. The summed E-state index contributed by atoms with van der Waals surface area (Å²) in [6.07, 6.45) is 9.82. The molecule has 2 aliphatic rings. The number of rotatable bonds is 5. The van der Waals surface area contributed by atoms with E-state index in [4.69, 9.17) is 33.7 Å². The molecule has 0 bridgehead atoms. The van der Waals surface area contributed by atoms with E-state index in [1.54, 1.807) is 13.1 Å². The largest absolute Gasteiger partial charge is 0.482 e. The Bertz CT molecular complexity index is 1170. The van der Waals surface area contributed by atoms with Crippen molar-refractivity contribution in [2.75, 3.05) is 18.8 Å². The van der Waals surface area contributed by atoms with Crippen molar-refractivity contribution in [1.82, 2.24) is 20.1 Å². The Morgan fingerprint density at radius 3 is 2.73 bits per heavy atom. The minimum absolute atomic E-state index is 0.0639. The number of aromatic nitrogens is 3. The average Bonchev–Trinajstić information content (AvgIpc) is 3.27. The van der Waals surface area contributed by atoms with Crippen LogP contribution in [0.1, 0.15) is 50.3 Å². The minimum atomic E-state index is -0.626. The van der Waals surface area contributed by atoms with Crippen LogP contribution in [0, 0.1) is 11.2 Å². The van der Waals surface area contributed by atoms with Crippen molar-refractivity contribution in [3.8, 4) is 16.9 Å². The molecule has 2 fully saturated rings. The number of piperidine rings is 1. The molecule has 33 heavy (non-hydrogen) atoms. The zero-order valence-electron chi connectivity index (χ0n) is 18.3. The van der Waals surface area contributed by atoms with E-state index < -0.39 is 11.9 Å². The average molecular weight is 490 g/mol. The van der Waals surface area contributed by atoms with E-state index in [1.807, 2.05) is 12.3 Å². The minimum Gasteiger partial charge on any atom is -0.482 e. The second-order valence-electron chi connectivity index (χ2n) is 9.15. The Labute approximate surface area is 202 Å². The molecular weight excluding hydrogens is 464 g/mol. The standard InChI is InChI=1S/C24H26Cl2FN5O/c1-14(21-18(25)2-3-19(27)22(21)26)33-20-8-15(11-30-23(20)28)16-12-31-32(13-16)17-9-24(10-17)4-6-29-7-5-24/h2-3,8,11-14,17,29H,4-7,9-10H2,1H3,(H2,28,30). The third-order valence-electron chi connectivity index (χ3n) is 6.98. The Hall–Kier alpha value is -2.35. The number of nitrogens with two attached hydrogens (primary N) is 1. The SMILES string of the molecule is CC(Oc1cc(-c2cnn(C3CC4(CCNCC4)C3)c2)cnc1N)c1c(Cl)ccc(F)c1Cl. The molecule has 0 amide bonds. The summed E-state index contributed by atoms with van der Waals surface area (Å²) in [5.41, 5.74) is 8.69. The van der Waals surface area contributed by atoms with E-state index >= 15 is 0 Å². The molecule has 3 aromatic rings. The number of nitrogens with zero attached hydrogens (tertiary/aromatic N) is 3. The Morgan fingerprint density at radius 2 is 1.97 bits per heavy atom. The first-order valence-corrected chi connectivity index (χ1v) is 11.9. The Balaban J connectivity index is 1.33. The summed E-state index contributed by atoms with van der Waals surface area (Å²) in [6, 6.07) is 4.94. The topological polar surface area (TPSA) is 78.0 Å². The highest BCUT2D eigenvalue weighted by Crippen LogP contribution is 2.53. The number of nitrogen functional groups attached to an aromatic ring is 1. The van der Waals surface area contributed by atoms with E-state index in [1.165, 1.54) is 37.8 Å². The fourth-order valence-corrected chi connectivity index (χ4v) is 5.73. The fourth-order valence-electron chi connectivity index (χ4n) is 5.05. The van der Waals surface area contributed by atoms with Crippen molar-refractivity contribution in [3.63, 3.8) is 0 Å². The van der Waals surface area contributed by atoms with Gasteiger partial charge in [-0.2, -0.15) is 5.10 Å². The van der Waals surface area contributed by atoms with E-state index in [-0.39, 0.29) is 10.8 Å². The van der Waals surface area contributed by atoms with Gasteiger partial charge in [-0.3, -0.25) is 4.68 Å². The normalized spacial score (nSPS) is 18.8. The molecule has 1 saturated carbocycles. The summed E-state index contributed by atoms with van der Waals surface area (Å²) < 4.78 is 22.0. The second-order valence-corrected chi connectivity index (χ2v) is 9.93. The van der Waals surface area contributed by atoms with Gasteiger partial charge < -0.3 is 15.8 Å². The highest BCUT2D eigenvalue weighted by molar-refractivity contribution is 6.36. The van der Waals surface area contributed by atoms with Crippen molar-refractivity contribution >= 4 is 29.0 Å². The van der Waals surface area contributed by atoms with Gasteiger partial charge in [0.25, 0.3) is 0 Å². The number of ether oxygens (including phenoxy) is 1. The predicted molar refractivity (Wildman–Crippen MR) is 128 cm³/mol. The van der Waals surface area contributed by atoms with Gasteiger partial charge in [-0.15, -0.1) is 0 Å².